The van der Waals surface area contributed by atoms with Gasteiger partial charge in [0.2, 0.25) is 0 Å². The van der Waals surface area contributed by atoms with Crippen LogP contribution in [0.4, 0.5) is 8.78 Å². The standard InChI is InChI=1S/C19H20FN3O2.C17H16FN3O2/c1-5-25-18(24)16-11-23-17(21-16)14(19(2,3)4)10-15(22-23)12-6-8-13(20)9-7-12;1-17(2,3)12-8-13(10-4-6-11(18)7-5-10)20-21-9-14(16(22)23)19-15(12)21/h6-11H,5H2,1-4H3;4-9H,1-3H3,(H,22,23). The quantitative estimate of drug-likeness (QED) is 0.189. The normalized spacial score (nSPS) is 11.8. The third-order valence-electron chi connectivity index (χ3n) is 7.45. The molecular formula is C36H36F2N6O4. The molecule has 4 aromatic heterocycles. The Kier molecular flexibility index (Phi) is 9.12. The van der Waals surface area contributed by atoms with Gasteiger partial charge in [0, 0.05) is 22.3 Å². The minimum Gasteiger partial charge on any atom is -0.476 e. The Bertz CT molecular complexity index is 2120. The average molecular weight is 655 g/mol. The summed E-state index contributed by atoms with van der Waals surface area (Å²) in [5.41, 5.74) is 5.51. The number of hydrogen-bond acceptors (Lipinski definition) is 7. The van der Waals surface area contributed by atoms with Gasteiger partial charge in [-0.2, -0.15) is 10.2 Å². The van der Waals surface area contributed by atoms with Crippen LogP contribution in [0.2, 0.25) is 0 Å². The number of hydrogen-bond donors (Lipinski definition) is 1. The van der Waals surface area contributed by atoms with Crippen molar-refractivity contribution < 1.29 is 28.2 Å². The SMILES string of the molecule is CC(C)(C)c1cc(-c2ccc(F)cc2)nn2cc(C(=O)O)nc12.CCOC(=O)c1cn2nc(-c3ccc(F)cc3)cc(C(C)(C)C)c2n1. The van der Waals surface area contributed by atoms with E-state index < -0.39 is 11.9 Å². The fourth-order valence-electron chi connectivity index (χ4n) is 4.99. The van der Waals surface area contributed by atoms with Gasteiger partial charge in [0.15, 0.2) is 22.7 Å². The molecule has 248 valence electrons. The molecule has 12 heteroatoms. The van der Waals surface area contributed by atoms with Crippen LogP contribution in [0.1, 0.15) is 80.6 Å². The first kappa shape index (κ1) is 33.8. The Morgan fingerprint density at radius 2 is 1.10 bits per heavy atom. The van der Waals surface area contributed by atoms with Crippen molar-refractivity contribution in [1.29, 1.82) is 0 Å². The Morgan fingerprint density at radius 1 is 0.708 bits per heavy atom. The van der Waals surface area contributed by atoms with Gasteiger partial charge in [-0.25, -0.2) is 37.4 Å². The van der Waals surface area contributed by atoms with E-state index in [9.17, 15) is 18.4 Å². The van der Waals surface area contributed by atoms with Crippen molar-refractivity contribution in [3.05, 3.63) is 107 Å². The molecule has 6 rings (SSSR count). The van der Waals surface area contributed by atoms with Gasteiger partial charge >= 0.3 is 11.9 Å². The third-order valence-corrected chi connectivity index (χ3v) is 7.45. The molecule has 0 unspecified atom stereocenters. The molecule has 0 aliphatic rings. The van der Waals surface area contributed by atoms with Crippen molar-refractivity contribution in [3.63, 3.8) is 0 Å². The lowest BCUT2D eigenvalue weighted by atomic mass is 9.87. The van der Waals surface area contributed by atoms with Gasteiger partial charge in [0.1, 0.15) is 11.6 Å². The maximum Gasteiger partial charge on any atom is 0.358 e. The van der Waals surface area contributed by atoms with Gasteiger partial charge in [-0.15, -0.1) is 0 Å². The second-order valence-electron chi connectivity index (χ2n) is 13.2. The molecule has 0 aliphatic carbocycles. The zero-order chi connectivity index (χ0) is 35.0. The van der Waals surface area contributed by atoms with E-state index in [2.05, 4.69) is 40.9 Å². The van der Waals surface area contributed by atoms with Crippen molar-refractivity contribution >= 4 is 23.2 Å². The topological polar surface area (TPSA) is 124 Å². The second kappa shape index (κ2) is 12.9. The number of carboxylic acid groups (broad SMARTS) is 1. The molecule has 4 heterocycles. The fraction of sp³-hybridized carbons (Fsp3) is 0.278. The Balaban J connectivity index is 0.000000188. The number of esters is 1. The summed E-state index contributed by atoms with van der Waals surface area (Å²) in [5, 5.41) is 18.1. The minimum atomic E-state index is -1.10. The van der Waals surface area contributed by atoms with E-state index in [1.54, 1.807) is 41.9 Å². The molecule has 2 aromatic carbocycles. The van der Waals surface area contributed by atoms with Gasteiger partial charge in [-0.3, -0.25) is 0 Å². The summed E-state index contributed by atoms with van der Waals surface area (Å²) < 4.78 is 34.4. The number of benzene rings is 2. The highest BCUT2D eigenvalue weighted by Gasteiger charge is 2.24. The van der Waals surface area contributed by atoms with Crippen LogP contribution in [0.25, 0.3) is 33.8 Å². The number of carbonyl (C=O) groups excluding carboxylic acids is 1. The van der Waals surface area contributed by atoms with E-state index in [1.165, 1.54) is 35.0 Å². The van der Waals surface area contributed by atoms with Crippen LogP contribution in [-0.2, 0) is 15.6 Å². The summed E-state index contributed by atoms with van der Waals surface area (Å²) in [6.07, 6.45) is 2.95. The maximum atomic E-state index is 13.2. The first-order valence-corrected chi connectivity index (χ1v) is 15.3. The second-order valence-corrected chi connectivity index (χ2v) is 13.2. The highest BCUT2D eigenvalue weighted by molar-refractivity contribution is 5.88. The summed E-state index contributed by atoms with van der Waals surface area (Å²) in [4.78, 5) is 31.8. The lowest BCUT2D eigenvalue weighted by molar-refractivity contribution is 0.0519. The average Bonchev–Trinajstić information content (AvgIpc) is 3.65. The van der Waals surface area contributed by atoms with Crippen molar-refractivity contribution in [1.82, 2.24) is 29.2 Å². The van der Waals surface area contributed by atoms with Gasteiger partial charge in [-0.1, -0.05) is 41.5 Å². The molecule has 0 amide bonds. The highest BCUT2D eigenvalue weighted by Crippen LogP contribution is 2.31. The molecule has 48 heavy (non-hydrogen) atoms. The third kappa shape index (κ3) is 7.22. The number of fused-ring (bicyclic) bond motifs is 2. The summed E-state index contributed by atoms with van der Waals surface area (Å²) in [7, 11) is 0. The van der Waals surface area contributed by atoms with Gasteiger partial charge < -0.3 is 9.84 Å². The molecule has 0 saturated heterocycles. The number of carboxylic acids is 1. The van der Waals surface area contributed by atoms with Gasteiger partial charge in [0.05, 0.1) is 30.4 Å². The molecular weight excluding hydrogens is 618 g/mol. The molecule has 0 atom stereocenters. The van der Waals surface area contributed by atoms with E-state index in [-0.39, 0.29) is 40.5 Å². The predicted molar refractivity (Wildman–Crippen MR) is 177 cm³/mol. The van der Waals surface area contributed by atoms with Gasteiger partial charge in [-0.05, 0) is 78.4 Å². The van der Waals surface area contributed by atoms with Crippen molar-refractivity contribution in [2.45, 2.75) is 59.3 Å². The fourth-order valence-corrected chi connectivity index (χ4v) is 4.99. The number of aromatic carboxylic acids is 1. The predicted octanol–water partition coefficient (Wildman–Crippen LogP) is 7.54. The Labute approximate surface area is 276 Å². The number of rotatable bonds is 5. The number of nitrogens with zero attached hydrogens (tertiary/aromatic N) is 6. The number of halogens is 2. The minimum absolute atomic E-state index is 0.0562. The Morgan fingerprint density at radius 3 is 1.48 bits per heavy atom. The van der Waals surface area contributed by atoms with Crippen LogP contribution in [0.3, 0.4) is 0 Å². The van der Waals surface area contributed by atoms with Crippen LogP contribution in [0, 0.1) is 11.6 Å². The van der Waals surface area contributed by atoms with E-state index in [0.29, 0.717) is 22.7 Å². The van der Waals surface area contributed by atoms with E-state index in [4.69, 9.17) is 9.84 Å². The van der Waals surface area contributed by atoms with Crippen molar-refractivity contribution in [2.24, 2.45) is 0 Å². The van der Waals surface area contributed by atoms with Crippen molar-refractivity contribution in [3.8, 4) is 22.5 Å². The first-order chi connectivity index (χ1) is 22.5. The van der Waals surface area contributed by atoms with Crippen LogP contribution in [0.5, 0.6) is 0 Å². The summed E-state index contributed by atoms with van der Waals surface area (Å²) in [6, 6.07) is 16.0. The molecule has 1 N–H and O–H groups in total. The lowest BCUT2D eigenvalue weighted by Crippen LogP contribution is -2.14. The van der Waals surface area contributed by atoms with Gasteiger partial charge in [0.25, 0.3) is 0 Å². The van der Waals surface area contributed by atoms with Crippen molar-refractivity contribution in [2.75, 3.05) is 6.61 Å². The molecule has 0 fully saturated rings. The molecule has 0 radical (unpaired) electrons. The molecule has 0 saturated carbocycles. The van der Waals surface area contributed by atoms with E-state index in [1.807, 2.05) is 32.9 Å². The summed E-state index contributed by atoms with van der Waals surface area (Å²) in [6.45, 7) is 14.3. The molecule has 10 nitrogen and oxygen atoms in total. The Hall–Kier alpha value is -5.52. The van der Waals surface area contributed by atoms with Crippen LogP contribution in [-0.4, -0.2) is 52.8 Å². The zero-order valence-electron chi connectivity index (χ0n) is 27.7. The monoisotopic (exact) mass is 654 g/mol. The molecule has 0 aliphatic heterocycles. The maximum absolute atomic E-state index is 13.2. The number of ether oxygens (including phenoxy) is 1. The zero-order valence-corrected chi connectivity index (χ0v) is 27.7. The summed E-state index contributed by atoms with van der Waals surface area (Å²) in [5.74, 6) is -2.19. The number of aromatic nitrogens is 6. The first-order valence-electron chi connectivity index (χ1n) is 15.3. The van der Waals surface area contributed by atoms with Crippen LogP contribution < -0.4 is 0 Å². The van der Waals surface area contributed by atoms with E-state index >= 15 is 0 Å². The largest absolute Gasteiger partial charge is 0.476 e. The number of carbonyl (C=O) groups is 2. The lowest BCUT2D eigenvalue weighted by Gasteiger charge is -2.20. The summed E-state index contributed by atoms with van der Waals surface area (Å²) >= 11 is 0. The van der Waals surface area contributed by atoms with Crippen LogP contribution in [0.15, 0.2) is 73.1 Å². The highest BCUT2D eigenvalue weighted by atomic mass is 19.1. The molecule has 6 aromatic rings. The molecule has 0 spiro atoms. The number of imidazole rings is 2. The smallest absolute Gasteiger partial charge is 0.358 e. The molecule has 0 bridgehead atoms. The van der Waals surface area contributed by atoms with Crippen LogP contribution >= 0.6 is 0 Å². The van der Waals surface area contributed by atoms with E-state index in [0.717, 1.165) is 22.3 Å².